The Kier molecular flexibility index (Phi) is 5.33. The third-order valence-corrected chi connectivity index (χ3v) is 4.34. The van der Waals surface area contributed by atoms with E-state index >= 15 is 0 Å². The number of hydrogen-bond donors (Lipinski definition) is 1. The zero-order valence-electron chi connectivity index (χ0n) is 14.3. The predicted octanol–water partition coefficient (Wildman–Crippen LogP) is 3.68. The second kappa shape index (κ2) is 7.83. The molecule has 1 heterocycles. The number of carbonyl (C=O) groups excluding carboxylic acids is 2. The smallest absolute Gasteiger partial charge is 0.229 e. The van der Waals surface area contributed by atoms with E-state index in [-0.39, 0.29) is 17.7 Å². The Bertz CT molecular complexity index is 728. The molecular weight excluding hydrogens is 316 g/mol. The molecular formula is C20H22N2O3. The normalized spacial score (nSPS) is 17.0. The molecule has 0 saturated carbocycles. The maximum absolute atomic E-state index is 12.4. The summed E-state index contributed by atoms with van der Waals surface area (Å²) in [6, 6.07) is 16.8. The largest absolute Gasteiger partial charge is 0.457 e. The highest BCUT2D eigenvalue weighted by Crippen LogP contribution is 2.24. The van der Waals surface area contributed by atoms with Crippen LogP contribution in [0.2, 0.25) is 0 Å². The van der Waals surface area contributed by atoms with Crippen molar-refractivity contribution in [1.82, 2.24) is 4.90 Å². The zero-order chi connectivity index (χ0) is 17.6. The second-order valence-electron chi connectivity index (χ2n) is 6.23. The molecule has 25 heavy (non-hydrogen) atoms. The van der Waals surface area contributed by atoms with Gasteiger partial charge in [-0.1, -0.05) is 18.2 Å². The van der Waals surface area contributed by atoms with Gasteiger partial charge in [-0.15, -0.1) is 0 Å². The molecule has 5 nitrogen and oxygen atoms in total. The number of carbonyl (C=O) groups is 2. The van der Waals surface area contributed by atoms with Gasteiger partial charge in [-0.05, 0) is 49.2 Å². The van der Waals surface area contributed by atoms with Crippen molar-refractivity contribution in [1.29, 1.82) is 0 Å². The topological polar surface area (TPSA) is 58.6 Å². The van der Waals surface area contributed by atoms with Gasteiger partial charge in [-0.2, -0.15) is 0 Å². The number of anilines is 1. The summed E-state index contributed by atoms with van der Waals surface area (Å²) < 4.78 is 5.74. The van der Waals surface area contributed by atoms with Gasteiger partial charge in [0, 0.05) is 25.7 Å². The lowest BCUT2D eigenvalue weighted by molar-refractivity contribution is -0.132. The summed E-state index contributed by atoms with van der Waals surface area (Å²) in [5.74, 6) is 1.32. The van der Waals surface area contributed by atoms with Crippen LogP contribution < -0.4 is 10.1 Å². The van der Waals surface area contributed by atoms with Crippen LogP contribution in [0.1, 0.15) is 19.8 Å². The summed E-state index contributed by atoms with van der Waals surface area (Å²) in [4.78, 5) is 25.7. The average molecular weight is 338 g/mol. The highest BCUT2D eigenvalue weighted by molar-refractivity contribution is 5.93. The lowest BCUT2D eigenvalue weighted by atomic mass is 9.97. The molecule has 3 rings (SSSR count). The minimum atomic E-state index is -0.155. The summed E-state index contributed by atoms with van der Waals surface area (Å²) in [6.45, 7) is 2.78. The molecule has 0 radical (unpaired) electrons. The minimum absolute atomic E-state index is 0.0277. The van der Waals surface area contributed by atoms with Crippen LogP contribution in [-0.2, 0) is 9.59 Å². The van der Waals surface area contributed by atoms with Crippen LogP contribution in [-0.4, -0.2) is 29.8 Å². The van der Waals surface area contributed by atoms with Gasteiger partial charge in [0.15, 0.2) is 0 Å². The number of piperidine rings is 1. The summed E-state index contributed by atoms with van der Waals surface area (Å²) in [6.07, 6.45) is 1.67. The van der Waals surface area contributed by atoms with E-state index in [1.165, 1.54) is 0 Å². The molecule has 2 amide bonds. The van der Waals surface area contributed by atoms with E-state index in [9.17, 15) is 9.59 Å². The standard InChI is InChI=1S/C20H22N2O3/c1-15(23)22-13-5-6-16(14-22)20(24)21-17-9-11-19(12-10-17)25-18-7-3-2-4-8-18/h2-4,7-12,16H,5-6,13-14H2,1H3,(H,21,24)/t16-/m1/s1. The first-order valence-electron chi connectivity index (χ1n) is 8.51. The van der Waals surface area contributed by atoms with Gasteiger partial charge in [0.25, 0.3) is 0 Å². The van der Waals surface area contributed by atoms with Gasteiger partial charge in [0.2, 0.25) is 11.8 Å². The maximum atomic E-state index is 12.4. The number of rotatable bonds is 4. The second-order valence-corrected chi connectivity index (χ2v) is 6.23. The summed E-state index contributed by atoms with van der Waals surface area (Å²) >= 11 is 0. The van der Waals surface area contributed by atoms with E-state index in [0.29, 0.717) is 12.3 Å². The van der Waals surface area contributed by atoms with Crippen molar-refractivity contribution in [3.8, 4) is 11.5 Å². The number of hydrogen-bond acceptors (Lipinski definition) is 3. The molecule has 1 atom stereocenters. The predicted molar refractivity (Wildman–Crippen MR) is 96.6 cm³/mol. The van der Waals surface area contributed by atoms with Gasteiger partial charge < -0.3 is 15.0 Å². The summed E-state index contributed by atoms with van der Waals surface area (Å²) in [5.41, 5.74) is 0.727. The lowest BCUT2D eigenvalue weighted by Crippen LogP contribution is -2.42. The fourth-order valence-electron chi connectivity index (χ4n) is 2.95. The van der Waals surface area contributed by atoms with Gasteiger partial charge in [0.05, 0.1) is 5.92 Å². The molecule has 1 aliphatic heterocycles. The van der Waals surface area contributed by atoms with Crippen molar-refractivity contribution in [2.75, 3.05) is 18.4 Å². The molecule has 1 saturated heterocycles. The van der Waals surface area contributed by atoms with E-state index in [2.05, 4.69) is 5.32 Å². The van der Waals surface area contributed by atoms with Crippen LogP contribution in [0.5, 0.6) is 11.5 Å². The molecule has 0 spiro atoms. The number of benzene rings is 2. The number of likely N-dealkylation sites (tertiary alicyclic amines) is 1. The Morgan fingerprint density at radius 2 is 1.72 bits per heavy atom. The first-order chi connectivity index (χ1) is 12.1. The maximum Gasteiger partial charge on any atom is 0.229 e. The summed E-state index contributed by atoms with van der Waals surface area (Å²) in [5, 5.41) is 2.93. The van der Waals surface area contributed by atoms with Crippen molar-refractivity contribution >= 4 is 17.5 Å². The van der Waals surface area contributed by atoms with Crippen molar-refractivity contribution < 1.29 is 14.3 Å². The van der Waals surface area contributed by atoms with E-state index in [4.69, 9.17) is 4.74 Å². The Morgan fingerprint density at radius 3 is 2.40 bits per heavy atom. The van der Waals surface area contributed by atoms with E-state index in [1.54, 1.807) is 11.8 Å². The van der Waals surface area contributed by atoms with Gasteiger partial charge >= 0.3 is 0 Å². The van der Waals surface area contributed by atoms with Gasteiger partial charge in [-0.3, -0.25) is 9.59 Å². The molecule has 1 fully saturated rings. The number of para-hydroxylation sites is 1. The fraction of sp³-hybridized carbons (Fsp3) is 0.300. The number of ether oxygens (including phenoxy) is 1. The SMILES string of the molecule is CC(=O)N1CCC[C@@H](C(=O)Nc2ccc(Oc3ccccc3)cc2)C1. The van der Waals surface area contributed by atoms with E-state index in [1.807, 2.05) is 54.6 Å². The molecule has 1 aliphatic rings. The van der Waals surface area contributed by atoms with Crippen LogP contribution in [0.4, 0.5) is 5.69 Å². The highest BCUT2D eigenvalue weighted by atomic mass is 16.5. The molecule has 5 heteroatoms. The fourth-order valence-corrected chi connectivity index (χ4v) is 2.95. The number of amides is 2. The summed E-state index contributed by atoms with van der Waals surface area (Å²) in [7, 11) is 0. The first-order valence-corrected chi connectivity index (χ1v) is 8.51. The molecule has 0 unspecified atom stereocenters. The minimum Gasteiger partial charge on any atom is -0.457 e. The molecule has 0 bridgehead atoms. The van der Waals surface area contributed by atoms with Crippen molar-refractivity contribution in [2.24, 2.45) is 5.92 Å². The lowest BCUT2D eigenvalue weighted by Gasteiger charge is -2.31. The van der Waals surface area contributed by atoms with Crippen molar-refractivity contribution in [3.63, 3.8) is 0 Å². The third-order valence-electron chi connectivity index (χ3n) is 4.34. The van der Waals surface area contributed by atoms with Crippen LogP contribution in [0.25, 0.3) is 0 Å². The molecule has 130 valence electrons. The average Bonchev–Trinajstić information content (AvgIpc) is 2.64. The molecule has 0 aliphatic carbocycles. The quantitative estimate of drug-likeness (QED) is 0.925. The Labute approximate surface area is 147 Å². The zero-order valence-corrected chi connectivity index (χ0v) is 14.3. The molecule has 2 aromatic rings. The Hall–Kier alpha value is -2.82. The van der Waals surface area contributed by atoms with Crippen LogP contribution in [0, 0.1) is 5.92 Å². The first kappa shape index (κ1) is 17.0. The number of nitrogens with zero attached hydrogens (tertiary/aromatic N) is 1. The Morgan fingerprint density at radius 1 is 1.04 bits per heavy atom. The highest BCUT2D eigenvalue weighted by Gasteiger charge is 2.26. The molecule has 1 N–H and O–H groups in total. The van der Waals surface area contributed by atoms with Crippen molar-refractivity contribution in [2.45, 2.75) is 19.8 Å². The number of nitrogens with one attached hydrogen (secondary N) is 1. The monoisotopic (exact) mass is 338 g/mol. The van der Waals surface area contributed by atoms with Crippen LogP contribution in [0.3, 0.4) is 0 Å². The van der Waals surface area contributed by atoms with Crippen LogP contribution in [0.15, 0.2) is 54.6 Å². The van der Waals surface area contributed by atoms with Crippen LogP contribution >= 0.6 is 0 Å². The van der Waals surface area contributed by atoms with Gasteiger partial charge in [0.1, 0.15) is 11.5 Å². The third kappa shape index (κ3) is 4.59. The van der Waals surface area contributed by atoms with Crippen molar-refractivity contribution in [3.05, 3.63) is 54.6 Å². The van der Waals surface area contributed by atoms with Gasteiger partial charge in [-0.25, -0.2) is 0 Å². The van der Waals surface area contributed by atoms with E-state index in [0.717, 1.165) is 30.8 Å². The molecule has 0 aromatic heterocycles. The molecule has 2 aromatic carbocycles. The Balaban J connectivity index is 1.57. The van der Waals surface area contributed by atoms with E-state index < -0.39 is 0 Å².